The molecule has 5 heteroatoms. The molecule has 0 amide bonds. The summed E-state index contributed by atoms with van der Waals surface area (Å²) in [6.07, 6.45) is 2.35. The molecule has 3 rings (SSSR count). The quantitative estimate of drug-likeness (QED) is 0.913. The topological polar surface area (TPSA) is 37.8 Å². The third kappa shape index (κ3) is 2.67. The Morgan fingerprint density at radius 1 is 1.11 bits per heavy atom. The van der Waals surface area contributed by atoms with Gasteiger partial charge in [-0.15, -0.1) is 0 Å². The molecule has 0 saturated heterocycles. The molecule has 2 aromatic rings. The number of anilines is 1. The summed E-state index contributed by atoms with van der Waals surface area (Å²) in [6.45, 7) is 0. The molecule has 1 saturated carbocycles. The molecular formula is C14H13Cl2N3. The second kappa shape index (κ2) is 4.99. The van der Waals surface area contributed by atoms with Crippen molar-refractivity contribution >= 4 is 29.0 Å². The van der Waals surface area contributed by atoms with Gasteiger partial charge in [0, 0.05) is 24.6 Å². The number of nitrogens with zero attached hydrogens (tertiary/aromatic N) is 2. The van der Waals surface area contributed by atoms with Crippen LogP contribution in [0.5, 0.6) is 0 Å². The van der Waals surface area contributed by atoms with Gasteiger partial charge in [0.05, 0.1) is 15.7 Å². The van der Waals surface area contributed by atoms with Crippen LogP contribution >= 0.6 is 23.2 Å². The summed E-state index contributed by atoms with van der Waals surface area (Å²) in [6, 6.07) is 7.47. The molecule has 0 spiro atoms. The van der Waals surface area contributed by atoms with Crippen LogP contribution in [0.2, 0.25) is 10.0 Å². The second-order valence-electron chi connectivity index (χ2n) is 4.65. The highest BCUT2D eigenvalue weighted by Crippen LogP contribution is 2.39. The Labute approximate surface area is 122 Å². The minimum atomic E-state index is 0.509. The van der Waals surface area contributed by atoms with Gasteiger partial charge in [-0.25, -0.2) is 9.97 Å². The first-order chi connectivity index (χ1) is 9.17. The van der Waals surface area contributed by atoms with Crippen LogP contribution in [-0.2, 0) is 0 Å². The summed E-state index contributed by atoms with van der Waals surface area (Å²) in [4.78, 5) is 9.13. The fourth-order valence-electron chi connectivity index (χ4n) is 1.92. The van der Waals surface area contributed by atoms with Crippen molar-refractivity contribution < 1.29 is 0 Å². The largest absolute Gasteiger partial charge is 0.373 e. The highest BCUT2D eigenvalue weighted by Gasteiger charge is 2.27. The Balaban J connectivity index is 2.07. The van der Waals surface area contributed by atoms with Crippen molar-refractivity contribution in [2.45, 2.75) is 18.8 Å². The van der Waals surface area contributed by atoms with Crippen LogP contribution in [-0.4, -0.2) is 17.0 Å². The van der Waals surface area contributed by atoms with E-state index in [9.17, 15) is 0 Å². The third-order valence-corrected chi connectivity index (χ3v) is 3.90. The third-order valence-electron chi connectivity index (χ3n) is 3.16. The highest BCUT2D eigenvalue weighted by atomic mass is 35.5. The number of benzene rings is 1. The Kier molecular flexibility index (Phi) is 3.33. The summed E-state index contributed by atoms with van der Waals surface area (Å²) in [5.74, 6) is 2.25. The molecule has 1 N–H and O–H groups in total. The standard InChI is InChI=1S/C14H13Cl2N3/c1-17-13-7-12(18-14(19-13)8-2-3-8)9-4-5-10(15)11(16)6-9/h4-8H,2-3H2,1H3,(H,17,18,19). The molecule has 0 unspecified atom stereocenters. The molecular weight excluding hydrogens is 281 g/mol. The molecule has 19 heavy (non-hydrogen) atoms. The zero-order chi connectivity index (χ0) is 13.4. The number of hydrogen-bond donors (Lipinski definition) is 1. The normalized spacial score (nSPS) is 14.5. The summed E-state index contributed by atoms with van der Waals surface area (Å²) >= 11 is 12.0. The molecule has 1 heterocycles. The first-order valence-corrected chi connectivity index (χ1v) is 6.95. The van der Waals surface area contributed by atoms with Crippen LogP contribution in [0.25, 0.3) is 11.3 Å². The zero-order valence-corrected chi connectivity index (χ0v) is 12.0. The van der Waals surface area contributed by atoms with Crippen LogP contribution in [0.15, 0.2) is 24.3 Å². The fraction of sp³-hybridized carbons (Fsp3) is 0.286. The molecule has 0 radical (unpaired) electrons. The van der Waals surface area contributed by atoms with E-state index in [-0.39, 0.29) is 0 Å². The van der Waals surface area contributed by atoms with Crippen molar-refractivity contribution in [1.29, 1.82) is 0 Å². The maximum absolute atomic E-state index is 6.06. The molecule has 98 valence electrons. The predicted octanol–water partition coefficient (Wildman–Crippen LogP) is 4.37. The van der Waals surface area contributed by atoms with Crippen LogP contribution in [0, 0.1) is 0 Å². The number of hydrogen-bond acceptors (Lipinski definition) is 3. The van der Waals surface area contributed by atoms with E-state index < -0.39 is 0 Å². The van der Waals surface area contributed by atoms with Crippen molar-refractivity contribution in [3.05, 3.63) is 40.1 Å². The van der Waals surface area contributed by atoms with Crippen LogP contribution in [0.3, 0.4) is 0 Å². The van der Waals surface area contributed by atoms with Crippen molar-refractivity contribution in [3.63, 3.8) is 0 Å². The lowest BCUT2D eigenvalue weighted by Crippen LogP contribution is -2.00. The van der Waals surface area contributed by atoms with Gasteiger partial charge in [0.1, 0.15) is 11.6 Å². The lowest BCUT2D eigenvalue weighted by atomic mass is 10.1. The van der Waals surface area contributed by atoms with E-state index in [2.05, 4.69) is 15.3 Å². The van der Waals surface area contributed by atoms with E-state index in [4.69, 9.17) is 23.2 Å². The molecule has 1 aliphatic carbocycles. The Bertz CT molecular complexity index is 624. The molecule has 3 nitrogen and oxygen atoms in total. The van der Waals surface area contributed by atoms with E-state index >= 15 is 0 Å². The van der Waals surface area contributed by atoms with Crippen LogP contribution in [0.4, 0.5) is 5.82 Å². The van der Waals surface area contributed by atoms with E-state index in [1.807, 2.05) is 25.2 Å². The summed E-state index contributed by atoms with van der Waals surface area (Å²) in [5.41, 5.74) is 1.83. The first-order valence-electron chi connectivity index (χ1n) is 6.19. The predicted molar refractivity (Wildman–Crippen MR) is 79.0 cm³/mol. The van der Waals surface area contributed by atoms with Crippen LogP contribution in [0.1, 0.15) is 24.6 Å². The smallest absolute Gasteiger partial charge is 0.134 e. The molecule has 0 atom stereocenters. The van der Waals surface area contributed by atoms with E-state index in [0.29, 0.717) is 16.0 Å². The number of aromatic nitrogens is 2. The number of nitrogens with one attached hydrogen (secondary N) is 1. The first kappa shape index (κ1) is 12.7. The minimum Gasteiger partial charge on any atom is -0.373 e. The Morgan fingerprint density at radius 3 is 2.53 bits per heavy atom. The van der Waals surface area contributed by atoms with Gasteiger partial charge in [-0.1, -0.05) is 29.3 Å². The average molecular weight is 294 g/mol. The summed E-state index contributed by atoms with van der Waals surface area (Å²) < 4.78 is 0. The summed E-state index contributed by atoms with van der Waals surface area (Å²) in [7, 11) is 1.86. The molecule has 0 bridgehead atoms. The number of halogens is 2. The summed E-state index contributed by atoms with van der Waals surface area (Å²) in [5, 5.41) is 4.17. The highest BCUT2D eigenvalue weighted by molar-refractivity contribution is 6.42. The second-order valence-corrected chi connectivity index (χ2v) is 5.46. The average Bonchev–Trinajstić information content (AvgIpc) is 3.26. The van der Waals surface area contributed by atoms with Crippen molar-refractivity contribution in [2.75, 3.05) is 12.4 Å². The van der Waals surface area contributed by atoms with Gasteiger partial charge in [0.25, 0.3) is 0 Å². The van der Waals surface area contributed by atoms with E-state index in [0.717, 1.165) is 22.9 Å². The Morgan fingerprint density at radius 2 is 1.89 bits per heavy atom. The maximum Gasteiger partial charge on any atom is 0.134 e. The monoisotopic (exact) mass is 293 g/mol. The van der Waals surface area contributed by atoms with Gasteiger partial charge >= 0.3 is 0 Å². The van der Waals surface area contributed by atoms with Gasteiger partial charge in [-0.3, -0.25) is 0 Å². The lowest BCUT2D eigenvalue weighted by Gasteiger charge is -2.08. The van der Waals surface area contributed by atoms with Gasteiger partial charge in [0.15, 0.2) is 0 Å². The maximum atomic E-state index is 6.06. The van der Waals surface area contributed by atoms with Gasteiger partial charge in [-0.2, -0.15) is 0 Å². The minimum absolute atomic E-state index is 0.509. The molecule has 0 aliphatic heterocycles. The van der Waals surface area contributed by atoms with E-state index in [1.165, 1.54) is 12.8 Å². The van der Waals surface area contributed by atoms with Gasteiger partial charge in [-0.05, 0) is 25.0 Å². The molecule has 1 aromatic carbocycles. The molecule has 1 aliphatic rings. The SMILES string of the molecule is CNc1cc(-c2ccc(Cl)c(Cl)c2)nc(C2CC2)n1. The zero-order valence-electron chi connectivity index (χ0n) is 10.5. The van der Waals surface area contributed by atoms with E-state index in [1.54, 1.807) is 6.07 Å². The Hall–Kier alpha value is -1.32. The lowest BCUT2D eigenvalue weighted by molar-refractivity contribution is 0.932. The van der Waals surface area contributed by atoms with Gasteiger partial charge < -0.3 is 5.32 Å². The molecule has 1 aromatic heterocycles. The van der Waals surface area contributed by atoms with Crippen molar-refractivity contribution in [1.82, 2.24) is 9.97 Å². The molecule has 1 fully saturated rings. The van der Waals surface area contributed by atoms with Gasteiger partial charge in [0.2, 0.25) is 0 Å². The van der Waals surface area contributed by atoms with Crippen molar-refractivity contribution in [2.24, 2.45) is 0 Å². The van der Waals surface area contributed by atoms with Crippen LogP contribution < -0.4 is 5.32 Å². The number of rotatable bonds is 3. The fourth-order valence-corrected chi connectivity index (χ4v) is 2.22. The van der Waals surface area contributed by atoms with Crippen molar-refractivity contribution in [3.8, 4) is 11.3 Å².